The van der Waals surface area contributed by atoms with Gasteiger partial charge in [-0.2, -0.15) is 0 Å². The summed E-state index contributed by atoms with van der Waals surface area (Å²) in [7, 11) is 3.13. The molecule has 2 heterocycles. The SMILES string of the molecule is COc1ccc(C2=NOC(=O)C2=CN2CCOCC2)cc1OC. The summed E-state index contributed by atoms with van der Waals surface area (Å²) in [5.74, 6) is 0.722. The molecule has 1 saturated heterocycles. The summed E-state index contributed by atoms with van der Waals surface area (Å²) < 4.78 is 15.8. The standard InChI is InChI=1S/C16H18N2O5/c1-20-13-4-3-11(9-14(13)21-2)15-12(16(19)23-17-15)10-18-5-7-22-8-6-18/h3-4,9-10H,5-8H2,1-2H3. The first-order chi connectivity index (χ1) is 11.2. The van der Waals surface area contributed by atoms with E-state index in [2.05, 4.69) is 5.16 Å². The molecule has 7 nitrogen and oxygen atoms in total. The molecule has 0 aliphatic carbocycles. The number of carbonyl (C=O) groups excluding carboxylic acids is 1. The second-order valence-electron chi connectivity index (χ2n) is 5.08. The van der Waals surface area contributed by atoms with Gasteiger partial charge in [0.1, 0.15) is 11.3 Å². The van der Waals surface area contributed by atoms with Crippen LogP contribution in [0.2, 0.25) is 0 Å². The number of methoxy groups -OCH3 is 2. The highest BCUT2D eigenvalue weighted by molar-refractivity contribution is 6.28. The molecule has 0 atom stereocenters. The molecule has 3 rings (SSSR count). The number of hydrogen-bond acceptors (Lipinski definition) is 7. The Balaban J connectivity index is 1.91. The Morgan fingerprint density at radius 2 is 1.91 bits per heavy atom. The molecule has 0 aromatic heterocycles. The molecule has 0 bridgehead atoms. The third-order valence-corrected chi connectivity index (χ3v) is 3.71. The van der Waals surface area contributed by atoms with Crippen LogP contribution >= 0.6 is 0 Å². The molecule has 7 heteroatoms. The predicted molar refractivity (Wildman–Crippen MR) is 82.7 cm³/mol. The van der Waals surface area contributed by atoms with Gasteiger partial charge in [0.15, 0.2) is 11.5 Å². The average molecular weight is 318 g/mol. The summed E-state index contributed by atoms with van der Waals surface area (Å²) in [5.41, 5.74) is 1.65. The quantitative estimate of drug-likeness (QED) is 0.613. The maximum absolute atomic E-state index is 12.0. The van der Waals surface area contributed by atoms with Crippen LogP contribution in [0.15, 0.2) is 35.1 Å². The molecular weight excluding hydrogens is 300 g/mol. The van der Waals surface area contributed by atoms with E-state index in [1.807, 2.05) is 11.0 Å². The summed E-state index contributed by atoms with van der Waals surface area (Å²) in [6, 6.07) is 5.36. The zero-order chi connectivity index (χ0) is 16.2. The van der Waals surface area contributed by atoms with E-state index in [0.717, 1.165) is 18.7 Å². The largest absolute Gasteiger partial charge is 0.493 e. The van der Waals surface area contributed by atoms with Gasteiger partial charge in [0.25, 0.3) is 0 Å². The van der Waals surface area contributed by atoms with Gasteiger partial charge in [0.2, 0.25) is 0 Å². The number of oxime groups is 1. The van der Waals surface area contributed by atoms with Gasteiger partial charge in [0.05, 0.1) is 27.4 Å². The molecule has 23 heavy (non-hydrogen) atoms. The molecule has 0 radical (unpaired) electrons. The van der Waals surface area contributed by atoms with E-state index in [9.17, 15) is 4.79 Å². The fraction of sp³-hybridized carbons (Fsp3) is 0.375. The first kappa shape index (κ1) is 15.4. The number of carbonyl (C=O) groups is 1. The smallest absolute Gasteiger partial charge is 0.369 e. The number of benzene rings is 1. The lowest BCUT2D eigenvalue weighted by molar-refractivity contribution is -0.137. The first-order valence-corrected chi connectivity index (χ1v) is 7.28. The minimum Gasteiger partial charge on any atom is -0.493 e. The molecule has 122 valence electrons. The number of rotatable bonds is 4. The van der Waals surface area contributed by atoms with Gasteiger partial charge in [-0.25, -0.2) is 4.79 Å². The van der Waals surface area contributed by atoms with Crippen LogP contribution in [0.25, 0.3) is 0 Å². The Kier molecular flexibility index (Phi) is 4.47. The molecule has 0 N–H and O–H groups in total. The zero-order valence-electron chi connectivity index (χ0n) is 13.1. The van der Waals surface area contributed by atoms with E-state index in [4.69, 9.17) is 19.0 Å². The fourth-order valence-corrected chi connectivity index (χ4v) is 2.48. The van der Waals surface area contributed by atoms with E-state index in [0.29, 0.717) is 36.0 Å². The Bertz CT molecular complexity index is 662. The van der Waals surface area contributed by atoms with Gasteiger partial charge in [-0.15, -0.1) is 0 Å². The summed E-state index contributed by atoms with van der Waals surface area (Å²) >= 11 is 0. The number of nitrogens with zero attached hydrogens (tertiary/aromatic N) is 2. The highest BCUT2D eigenvalue weighted by Crippen LogP contribution is 2.30. The van der Waals surface area contributed by atoms with E-state index < -0.39 is 5.97 Å². The average Bonchev–Trinajstić information content (AvgIpc) is 2.96. The third-order valence-electron chi connectivity index (χ3n) is 3.71. The lowest BCUT2D eigenvalue weighted by Gasteiger charge is -2.25. The van der Waals surface area contributed by atoms with Gasteiger partial charge >= 0.3 is 5.97 Å². The van der Waals surface area contributed by atoms with Crippen LogP contribution < -0.4 is 9.47 Å². The molecule has 0 unspecified atom stereocenters. The van der Waals surface area contributed by atoms with Crippen molar-refractivity contribution in [3.05, 3.63) is 35.5 Å². The maximum atomic E-state index is 12.0. The molecular formula is C16H18N2O5. The zero-order valence-corrected chi connectivity index (χ0v) is 13.1. The molecule has 0 saturated carbocycles. The Hall–Kier alpha value is -2.54. The molecule has 2 aliphatic heterocycles. The fourth-order valence-electron chi connectivity index (χ4n) is 2.48. The lowest BCUT2D eigenvalue weighted by atomic mass is 10.0. The highest BCUT2D eigenvalue weighted by Gasteiger charge is 2.28. The second-order valence-corrected chi connectivity index (χ2v) is 5.08. The minimum atomic E-state index is -0.457. The van der Waals surface area contributed by atoms with Crippen LogP contribution in [0, 0.1) is 0 Å². The van der Waals surface area contributed by atoms with Crippen molar-refractivity contribution in [2.75, 3.05) is 40.5 Å². The third kappa shape index (κ3) is 3.14. The second kappa shape index (κ2) is 6.70. The van der Waals surface area contributed by atoms with Crippen LogP contribution in [-0.4, -0.2) is 57.1 Å². The number of ether oxygens (including phenoxy) is 3. The molecule has 2 aliphatic rings. The summed E-state index contributed by atoms with van der Waals surface area (Å²) in [5, 5.41) is 3.91. The summed E-state index contributed by atoms with van der Waals surface area (Å²) in [4.78, 5) is 18.9. The molecule has 1 fully saturated rings. The maximum Gasteiger partial charge on any atom is 0.369 e. The highest BCUT2D eigenvalue weighted by atomic mass is 16.7. The number of morpholine rings is 1. The van der Waals surface area contributed by atoms with Gasteiger partial charge in [-0.1, -0.05) is 5.16 Å². The Labute approximate surface area is 134 Å². The van der Waals surface area contributed by atoms with Crippen molar-refractivity contribution in [2.24, 2.45) is 5.16 Å². The van der Waals surface area contributed by atoms with E-state index in [1.165, 1.54) is 0 Å². The Morgan fingerprint density at radius 3 is 2.61 bits per heavy atom. The monoisotopic (exact) mass is 318 g/mol. The van der Waals surface area contributed by atoms with E-state index in [1.54, 1.807) is 32.6 Å². The summed E-state index contributed by atoms with van der Waals surface area (Å²) in [6.45, 7) is 2.75. The van der Waals surface area contributed by atoms with Crippen molar-refractivity contribution in [3.8, 4) is 11.5 Å². The normalized spacial score (nSPS) is 19.6. The van der Waals surface area contributed by atoms with Crippen molar-refractivity contribution in [1.82, 2.24) is 4.90 Å². The number of hydrogen-bond donors (Lipinski definition) is 0. The molecule has 1 aromatic carbocycles. The van der Waals surface area contributed by atoms with Crippen molar-refractivity contribution >= 4 is 11.7 Å². The van der Waals surface area contributed by atoms with Crippen molar-refractivity contribution in [2.45, 2.75) is 0 Å². The van der Waals surface area contributed by atoms with Crippen LogP contribution in [-0.2, 0) is 14.4 Å². The molecule has 0 spiro atoms. The van der Waals surface area contributed by atoms with Crippen molar-refractivity contribution in [1.29, 1.82) is 0 Å². The van der Waals surface area contributed by atoms with Crippen LogP contribution in [0.5, 0.6) is 11.5 Å². The van der Waals surface area contributed by atoms with Crippen LogP contribution in [0.1, 0.15) is 5.56 Å². The van der Waals surface area contributed by atoms with Crippen molar-refractivity contribution in [3.63, 3.8) is 0 Å². The topological polar surface area (TPSA) is 69.6 Å². The van der Waals surface area contributed by atoms with E-state index >= 15 is 0 Å². The van der Waals surface area contributed by atoms with Gasteiger partial charge in [0, 0.05) is 24.9 Å². The van der Waals surface area contributed by atoms with Gasteiger partial charge < -0.3 is 23.9 Å². The molecule has 1 aromatic rings. The first-order valence-electron chi connectivity index (χ1n) is 7.28. The van der Waals surface area contributed by atoms with Gasteiger partial charge in [-0.3, -0.25) is 0 Å². The minimum absolute atomic E-state index is 0.430. The lowest BCUT2D eigenvalue weighted by Crippen LogP contribution is -2.33. The van der Waals surface area contributed by atoms with E-state index in [-0.39, 0.29) is 0 Å². The van der Waals surface area contributed by atoms with Crippen molar-refractivity contribution < 1.29 is 23.8 Å². The molecule has 0 amide bonds. The Morgan fingerprint density at radius 1 is 1.17 bits per heavy atom. The van der Waals surface area contributed by atoms with Crippen LogP contribution in [0.4, 0.5) is 0 Å². The van der Waals surface area contributed by atoms with Gasteiger partial charge in [-0.05, 0) is 18.2 Å². The van der Waals surface area contributed by atoms with Crippen LogP contribution in [0.3, 0.4) is 0 Å². The summed E-state index contributed by atoms with van der Waals surface area (Å²) in [6.07, 6.45) is 1.79. The predicted octanol–water partition coefficient (Wildman–Crippen LogP) is 1.18.